The van der Waals surface area contributed by atoms with Gasteiger partial charge in [-0.05, 0) is 30.7 Å². The Morgan fingerprint density at radius 2 is 2.23 bits per heavy atom. The van der Waals surface area contributed by atoms with Gasteiger partial charge in [-0.1, -0.05) is 15.9 Å². The van der Waals surface area contributed by atoms with Gasteiger partial charge in [0.2, 0.25) is 0 Å². The minimum atomic E-state index is -0.324. The zero-order valence-corrected chi connectivity index (χ0v) is 9.10. The van der Waals surface area contributed by atoms with E-state index < -0.39 is 0 Å². The predicted molar refractivity (Wildman–Crippen MR) is 55.0 cm³/mol. The standard InChI is InChI=1S/C10H12BrFO/c1-8-7-9(3-4-10(8)11)13-6-2-5-12/h3-4,7H,2,5-6H2,1H3. The number of hydrogen-bond acceptors (Lipinski definition) is 1. The maximum atomic E-state index is 11.8. The third-order valence-electron chi connectivity index (χ3n) is 1.68. The number of aryl methyl sites for hydroxylation is 1. The van der Waals surface area contributed by atoms with Gasteiger partial charge in [0.1, 0.15) is 5.75 Å². The van der Waals surface area contributed by atoms with E-state index in [4.69, 9.17) is 4.74 Å². The lowest BCUT2D eigenvalue weighted by Gasteiger charge is -2.06. The van der Waals surface area contributed by atoms with Crippen molar-refractivity contribution in [2.24, 2.45) is 0 Å². The SMILES string of the molecule is Cc1cc(OCCCF)ccc1Br. The van der Waals surface area contributed by atoms with Crippen LogP contribution in [0.25, 0.3) is 0 Å². The molecule has 1 aromatic rings. The third-order valence-corrected chi connectivity index (χ3v) is 2.57. The fraction of sp³-hybridized carbons (Fsp3) is 0.400. The second-order valence-corrected chi connectivity index (χ2v) is 3.66. The average Bonchev–Trinajstić information content (AvgIpc) is 2.12. The van der Waals surface area contributed by atoms with Crippen LogP contribution in [0.3, 0.4) is 0 Å². The Balaban J connectivity index is 2.53. The third kappa shape index (κ3) is 3.35. The summed E-state index contributed by atoms with van der Waals surface area (Å²) in [6.45, 7) is 2.11. The number of benzene rings is 1. The van der Waals surface area contributed by atoms with Gasteiger partial charge in [0.15, 0.2) is 0 Å². The Bertz CT molecular complexity index is 276. The first-order valence-electron chi connectivity index (χ1n) is 4.19. The lowest BCUT2D eigenvalue weighted by molar-refractivity contribution is 0.289. The van der Waals surface area contributed by atoms with Crippen LogP contribution in [0.15, 0.2) is 22.7 Å². The molecule has 0 unspecified atom stereocenters. The summed E-state index contributed by atoms with van der Waals surface area (Å²) in [6.07, 6.45) is 0.453. The molecular weight excluding hydrogens is 235 g/mol. The summed E-state index contributed by atoms with van der Waals surface area (Å²) < 4.78 is 18.1. The molecule has 13 heavy (non-hydrogen) atoms. The zero-order chi connectivity index (χ0) is 9.68. The van der Waals surface area contributed by atoms with Gasteiger partial charge < -0.3 is 4.74 Å². The average molecular weight is 247 g/mol. The van der Waals surface area contributed by atoms with Gasteiger partial charge >= 0.3 is 0 Å². The van der Waals surface area contributed by atoms with E-state index in [9.17, 15) is 4.39 Å². The summed E-state index contributed by atoms with van der Waals surface area (Å²) in [7, 11) is 0. The highest BCUT2D eigenvalue weighted by molar-refractivity contribution is 9.10. The fourth-order valence-electron chi connectivity index (χ4n) is 0.952. The van der Waals surface area contributed by atoms with E-state index in [-0.39, 0.29) is 6.67 Å². The van der Waals surface area contributed by atoms with Gasteiger partial charge in [-0.2, -0.15) is 0 Å². The summed E-state index contributed by atoms with van der Waals surface area (Å²) in [5, 5.41) is 0. The van der Waals surface area contributed by atoms with Gasteiger partial charge in [0.25, 0.3) is 0 Å². The fourth-order valence-corrected chi connectivity index (χ4v) is 1.20. The van der Waals surface area contributed by atoms with Gasteiger partial charge in [-0.25, -0.2) is 0 Å². The molecule has 0 amide bonds. The van der Waals surface area contributed by atoms with Gasteiger partial charge in [0, 0.05) is 10.9 Å². The molecule has 72 valence electrons. The summed E-state index contributed by atoms with van der Waals surface area (Å²) in [6, 6.07) is 5.73. The topological polar surface area (TPSA) is 9.23 Å². The minimum absolute atomic E-state index is 0.324. The molecule has 0 saturated carbocycles. The quantitative estimate of drug-likeness (QED) is 0.740. The Kier molecular flexibility index (Phi) is 4.22. The van der Waals surface area contributed by atoms with E-state index in [2.05, 4.69) is 15.9 Å². The maximum Gasteiger partial charge on any atom is 0.119 e. The number of hydrogen-bond donors (Lipinski definition) is 0. The highest BCUT2D eigenvalue weighted by Gasteiger charge is 1.97. The van der Waals surface area contributed by atoms with Crippen LogP contribution in [0, 0.1) is 6.92 Å². The van der Waals surface area contributed by atoms with Crippen molar-refractivity contribution in [3.05, 3.63) is 28.2 Å². The van der Waals surface area contributed by atoms with Crippen LogP contribution in [0.4, 0.5) is 4.39 Å². The van der Waals surface area contributed by atoms with Crippen LogP contribution in [-0.4, -0.2) is 13.3 Å². The molecule has 0 aliphatic carbocycles. The van der Waals surface area contributed by atoms with Crippen molar-refractivity contribution in [3.63, 3.8) is 0 Å². The normalized spacial score (nSPS) is 10.1. The molecule has 0 aliphatic rings. The van der Waals surface area contributed by atoms with E-state index in [0.29, 0.717) is 13.0 Å². The van der Waals surface area contributed by atoms with Crippen molar-refractivity contribution in [1.82, 2.24) is 0 Å². The molecule has 0 heterocycles. The van der Waals surface area contributed by atoms with Crippen LogP contribution in [0.2, 0.25) is 0 Å². The second-order valence-electron chi connectivity index (χ2n) is 2.80. The molecule has 0 N–H and O–H groups in total. The van der Waals surface area contributed by atoms with Crippen molar-refractivity contribution in [2.45, 2.75) is 13.3 Å². The summed E-state index contributed by atoms with van der Waals surface area (Å²) >= 11 is 3.40. The first-order valence-corrected chi connectivity index (χ1v) is 4.98. The first kappa shape index (κ1) is 10.5. The van der Waals surface area contributed by atoms with Crippen molar-refractivity contribution in [3.8, 4) is 5.75 Å². The zero-order valence-electron chi connectivity index (χ0n) is 7.52. The van der Waals surface area contributed by atoms with Crippen molar-refractivity contribution >= 4 is 15.9 Å². The number of halogens is 2. The lowest BCUT2D eigenvalue weighted by Crippen LogP contribution is -1.98. The molecule has 0 aliphatic heterocycles. The van der Waals surface area contributed by atoms with Crippen LogP contribution in [-0.2, 0) is 0 Å². The number of alkyl halides is 1. The molecule has 0 fully saturated rings. The van der Waals surface area contributed by atoms with Crippen LogP contribution in [0.5, 0.6) is 5.75 Å². The summed E-state index contributed by atoms with van der Waals surface area (Å²) in [5.74, 6) is 0.800. The van der Waals surface area contributed by atoms with Gasteiger partial charge in [-0.3, -0.25) is 4.39 Å². The van der Waals surface area contributed by atoms with Gasteiger partial charge in [0.05, 0.1) is 13.3 Å². The molecular formula is C10H12BrFO. The van der Waals surface area contributed by atoms with Crippen molar-refractivity contribution in [1.29, 1.82) is 0 Å². The summed E-state index contributed by atoms with van der Waals surface area (Å²) in [5.41, 5.74) is 1.12. The Hall–Kier alpha value is -0.570. The molecule has 0 bridgehead atoms. The van der Waals surface area contributed by atoms with E-state index >= 15 is 0 Å². The van der Waals surface area contributed by atoms with E-state index in [1.165, 1.54) is 0 Å². The monoisotopic (exact) mass is 246 g/mol. The largest absolute Gasteiger partial charge is 0.493 e. The van der Waals surface area contributed by atoms with E-state index in [0.717, 1.165) is 15.8 Å². The Morgan fingerprint density at radius 3 is 2.85 bits per heavy atom. The molecule has 1 nitrogen and oxygen atoms in total. The Labute approximate surface area is 86.0 Å². The number of rotatable bonds is 4. The molecule has 0 atom stereocenters. The highest BCUT2D eigenvalue weighted by Crippen LogP contribution is 2.21. The second kappa shape index (κ2) is 5.22. The number of ether oxygens (including phenoxy) is 1. The Morgan fingerprint density at radius 1 is 1.46 bits per heavy atom. The molecule has 0 radical (unpaired) electrons. The van der Waals surface area contributed by atoms with E-state index in [1.807, 2.05) is 25.1 Å². The summed E-state index contributed by atoms with van der Waals surface area (Å²) in [4.78, 5) is 0. The molecule has 0 spiro atoms. The van der Waals surface area contributed by atoms with E-state index in [1.54, 1.807) is 0 Å². The van der Waals surface area contributed by atoms with Crippen LogP contribution < -0.4 is 4.74 Å². The highest BCUT2D eigenvalue weighted by atomic mass is 79.9. The maximum absolute atomic E-state index is 11.8. The molecule has 1 rings (SSSR count). The lowest BCUT2D eigenvalue weighted by atomic mass is 10.2. The minimum Gasteiger partial charge on any atom is -0.493 e. The first-order chi connectivity index (χ1) is 6.24. The van der Waals surface area contributed by atoms with Crippen molar-refractivity contribution in [2.75, 3.05) is 13.3 Å². The van der Waals surface area contributed by atoms with Crippen LogP contribution in [0.1, 0.15) is 12.0 Å². The molecule has 0 aromatic heterocycles. The molecule has 0 saturated heterocycles. The van der Waals surface area contributed by atoms with Crippen LogP contribution >= 0.6 is 15.9 Å². The van der Waals surface area contributed by atoms with Crippen molar-refractivity contribution < 1.29 is 9.13 Å². The smallest absolute Gasteiger partial charge is 0.119 e. The molecule has 1 aromatic carbocycles. The van der Waals surface area contributed by atoms with Gasteiger partial charge in [-0.15, -0.1) is 0 Å². The molecule has 3 heteroatoms. The predicted octanol–water partition coefficient (Wildman–Crippen LogP) is 3.50.